The van der Waals surface area contributed by atoms with E-state index >= 15 is 0 Å². The van der Waals surface area contributed by atoms with Gasteiger partial charge in [0.25, 0.3) is 0 Å². The summed E-state index contributed by atoms with van der Waals surface area (Å²) in [5.41, 5.74) is 2.27. The number of benzene rings is 2. The molecule has 0 N–H and O–H groups in total. The molecule has 1 heterocycles. The van der Waals surface area contributed by atoms with E-state index in [4.69, 9.17) is 0 Å². The van der Waals surface area contributed by atoms with E-state index in [0.717, 1.165) is 17.3 Å². The topological polar surface area (TPSA) is 53.8 Å². The summed E-state index contributed by atoms with van der Waals surface area (Å²) in [4.78, 5) is 16.8. The second-order valence-electron chi connectivity index (χ2n) is 4.92. The Kier molecular flexibility index (Phi) is 4.69. The molecule has 0 bridgehead atoms. The predicted octanol–water partition coefficient (Wildman–Crippen LogP) is 4.69. The highest BCUT2D eigenvalue weighted by molar-refractivity contribution is 8.14. The number of pyridine rings is 1. The summed E-state index contributed by atoms with van der Waals surface area (Å²) in [5.74, 6) is -0.404. The van der Waals surface area contributed by atoms with Crippen LogP contribution in [0.1, 0.15) is 15.9 Å². The molecule has 0 aliphatic rings. The molecule has 0 amide bonds. The molecular weight excluding hydrogens is 323 g/mol. The van der Waals surface area contributed by atoms with Crippen LogP contribution in [-0.4, -0.2) is 10.1 Å². The smallest absolute Gasteiger partial charge is 0.225 e. The van der Waals surface area contributed by atoms with Gasteiger partial charge in [0.2, 0.25) is 5.12 Å². The van der Waals surface area contributed by atoms with Crippen molar-refractivity contribution in [2.75, 3.05) is 0 Å². The fourth-order valence-corrected chi connectivity index (χ4v) is 2.90. The van der Waals surface area contributed by atoms with Gasteiger partial charge in [0.05, 0.1) is 11.3 Å². The summed E-state index contributed by atoms with van der Waals surface area (Å²) in [7, 11) is 0. The maximum atomic E-state index is 13.0. The number of carbonyl (C=O) groups is 1. The predicted molar refractivity (Wildman–Crippen MR) is 91.0 cm³/mol. The molecular formula is C19H11FN2OS. The molecule has 3 rings (SSSR count). The van der Waals surface area contributed by atoms with Crippen LogP contribution < -0.4 is 0 Å². The number of aromatic nitrogens is 1. The fourth-order valence-electron chi connectivity index (χ4n) is 2.11. The first-order valence-electron chi connectivity index (χ1n) is 7.11. The van der Waals surface area contributed by atoms with Crippen LogP contribution in [-0.2, 0) is 0 Å². The van der Waals surface area contributed by atoms with Crippen LogP contribution >= 0.6 is 11.8 Å². The summed E-state index contributed by atoms with van der Waals surface area (Å²) < 4.78 is 13.0. The minimum absolute atomic E-state index is 0.288. The van der Waals surface area contributed by atoms with Crippen LogP contribution in [0.3, 0.4) is 0 Å². The summed E-state index contributed by atoms with van der Waals surface area (Å²) >= 11 is 0.868. The second kappa shape index (κ2) is 7.07. The molecule has 0 spiro atoms. The standard InChI is InChI=1S/C19H11FN2OS/c20-16-9-6-14(7-10-16)19(23)24-18-15(12-21)8-11-17(22-18)13-4-2-1-3-5-13/h1-11H. The lowest BCUT2D eigenvalue weighted by Crippen LogP contribution is -1.97. The lowest BCUT2D eigenvalue weighted by atomic mass is 10.1. The molecule has 0 fully saturated rings. The van der Waals surface area contributed by atoms with Gasteiger partial charge in [-0.05, 0) is 48.2 Å². The maximum Gasteiger partial charge on any atom is 0.225 e. The van der Waals surface area contributed by atoms with Crippen molar-refractivity contribution < 1.29 is 9.18 Å². The third-order valence-electron chi connectivity index (χ3n) is 3.32. The van der Waals surface area contributed by atoms with Gasteiger partial charge in [0.1, 0.15) is 16.9 Å². The van der Waals surface area contributed by atoms with Crippen molar-refractivity contribution in [3.63, 3.8) is 0 Å². The van der Waals surface area contributed by atoms with Crippen molar-refractivity contribution in [1.82, 2.24) is 4.98 Å². The van der Waals surface area contributed by atoms with E-state index in [0.29, 0.717) is 21.8 Å². The highest BCUT2D eigenvalue weighted by Crippen LogP contribution is 2.27. The van der Waals surface area contributed by atoms with Crippen molar-refractivity contribution in [3.05, 3.63) is 83.7 Å². The van der Waals surface area contributed by atoms with E-state index in [1.807, 2.05) is 36.4 Å². The van der Waals surface area contributed by atoms with Gasteiger partial charge in [-0.1, -0.05) is 30.3 Å². The van der Waals surface area contributed by atoms with E-state index < -0.39 is 5.82 Å². The first kappa shape index (κ1) is 15.9. The van der Waals surface area contributed by atoms with Crippen LogP contribution in [0.2, 0.25) is 0 Å². The summed E-state index contributed by atoms with van der Waals surface area (Å²) in [6.07, 6.45) is 0. The Bertz CT molecular complexity index is 918. The Labute approximate surface area is 142 Å². The third-order valence-corrected chi connectivity index (χ3v) is 4.25. The molecule has 116 valence electrons. The lowest BCUT2D eigenvalue weighted by Gasteiger charge is -2.06. The minimum atomic E-state index is -0.404. The van der Waals surface area contributed by atoms with Crippen LogP contribution in [0.15, 0.2) is 71.8 Å². The van der Waals surface area contributed by atoms with Crippen LogP contribution in [0.5, 0.6) is 0 Å². The molecule has 0 atom stereocenters. The van der Waals surface area contributed by atoms with Gasteiger partial charge in [-0.3, -0.25) is 4.79 Å². The summed E-state index contributed by atoms with van der Waals surface area (Å²) in [6.45, 7) is 0. The van der Waals surface area contributed by atoms with Crippen LogP contribution in [0.4, 0.5) is 4.39 Å². The van der Waals surface area contributed by atoms with Gasteiger partial charge in [-0.25, -0.2) is 9.37 Å². The lowest BCUT2D eigenvalue weighted by molar-refractivity contribution is 0.108. The molecule has 3 aromatic rings. The number of nitriles is 1. The molecule has 0 aliphatic heterocycles. The van der Waals surface area contributed by atoms with Crippen LogP contribution in [0.25, 0.3) is 11.3 Å². The molecule has 1 aromatic heterocycles. The number of halogens is 1. The molecule has 0 unspecified atom stereocenters. The van der Waals surface area contributed by atoms with E-state index in [-0.39, 0.29) is 5.12 Å². The van der Waals surface area contributed by atoms with Gasteiger partial charge < -0.3 is 0 Å². The number of thioether (sulfide) groups is 1. The maximum absolute atomic E-state index is 13.0. The highest BCUT2D eigenvalue weighted by Gasteiger charge is 2.14. The number of hydrogen-bond donors (Lipinski definition) is 0. The SMILES string of the molecule is N#Cc1ccc(-c2ccccc2)nc1SC(=O)c1ccc(F)cc1. The largest absolute Gasteiger partial charge is 0.281 e. The summed E-state index contributed by atoms with van der Waals surface area (Å²) in [5, 5.41) is 9.29. The first-order chi connectivity index (χ1) is 11.7. The quantitative estimate of drug-likeness (QED) is 0.652. The average molecular weight is 334 g/mol. The number of nitrogens with zero attached hydrogens (tertiary/aromatic N) is 2. The molecule has 2 aromatic carbocycles. The molecule has 0 aliphatic carbocycles. The normalized spacial score (nSPS) is 10.2. The van der Waals surface area contributed by atoms with Gasteiger partial charge >= 0.3 is 0 Å². The Balaban J connectivity index is 1.93. The third kappa shape index (κ3) is 3.50. The van der Waals surface area contributed by atoms with E-state index in [9.17, 15) is 14.4 Å². The Morgan fingerprint density at radius 1 is 1.00 bits per heavy atom. The molecule has 3 nitrogen and oxygen atoms in total. The zero-order valence-corrected chi connectivity index (χ0v) is 13.3. The first-order valence-corrected chi connectivity index (χ1v) is 7.93. The molecule has 0 radical (unpaired) electrons. The average Bonchev–Trinajstić information content (AvgIpc) is 2.63. The zero-order valence-electron chi connectivity index (χ0n) is 12.4. The van der Waals surface area contributed by atoms with Crippen LogP contribution in [0, 0.1) is 17.1 Å². The fraction of sp³-hybridized carbons (Fsp3) is 0. The molecule has 0 saturated heterocycles. The van der Waals surface area contributed by atoms with Crippen molar-refractivity contribution in [2.45, 2.75) is 5.03 Å². The van der Waals surface area contributed by atoms with E-state index in [1.165, 1.54) is 24.3 Å². The molecule has 0 saturated carbocycles. The molecule has 24 heavy (non-hydrogen) atoms. The number of hydrogen-bond acceptors (Lipinski definition) is 4. The Hall–Kier alpha value is -2.97. The van der Waals surface area contributed by atoms with Crippen molar-refractivity contribution in [3.8, 4) is 17.3 Å². The summed E-state index contributed by atoms with van der Waals surface area (Å²) in [6, 6.07) is 20.2. The van der Waals surface area contributed by atoms with Crippen molar-refractivity contribution in [1.29, 1.82) is 5.26 Å². The van der Waals surface area contributed by atoms with Gasteiger partial charge in [0, 0.05) is 11.1 Å². The molecule has 5 heteroatoms. The monoisotopic (exact) mass is 334 g/mol. The van der Waals surface area contributed by atoms with Crippen molar-refractivity contribution in [2.24, 2.45) is 0 Å². The minimum Gasteiger partial charge on any atom is -0.281 e. The Morgan fingerprint density at radius 2 is 1.71 bits per heavy atom. The highest BCUT2D eigenvalue weighted by atomic mass is 32.2. The van der Waals surface area contributed by atoms with Gasteiger partial charge in [-0.15, -0.1) is 0 Å². The van der Waals surface area contributed by atoms with E-state index in [2.05, 4.69) is 4.98 Å². The van der Waals surface area contributed by atoms with Gasteiger partial charge in [0.15, 0.2) is 0 Å². The van der Waals surface area contributed by atoms with E-state index in [1.54, 1.807) is 12.1 Å². The number of carbonyl (C=O) groups excluding carboxylic acids is 1. The Morgan fingerprint density at radius 3 is 2.38 bits per heavy atom. The second-order valence-corrected chi connectivity index (χ2v) is 5.89. The van der Waals surface area contributed by atoms with Crippen molar-refractivity contribution >= 4 is 16.9 Å². The van der Waals surface area contributed by atoms with Gasteiger partial charge in [-0.2, -0.15) is 5.26 Å². The number of rotatable bonds is 3. The zero-order chi connectivity index (χ0) is 16.9.